The third-order valence-electron chi connectivity index (χ3n) is 2.73. The van der Waals surface area contributed by atoms with Gasteiger partial charge in [0.2, 0.25) is 0 Å². The van der Waals surface area contributed by atoms with Gasteiger partial charge in [-0.25, -0.2) is 0 Å². The minimum absolute atomic E-state index is 0.676. The summed E-state index contributed by atoms with van der Waals surface area (Å²) in [4.78, 5) is 10.7. The van der Waals surface area contributed by atoms with Crippen molar-refractivity contribution in [3.05, 3.63) is 58.1 Å². The Balaban J connectivity index is 2.28. The average molecular weight is 261 g/mol. The normalized spacial score (nSPS) is 10.2. The third kappa shape index (κ3) is 2.71. The second-order valence-corrected chi connectivity index (χ2v) is 4.58. The van der Waals surface area contributed by atoms with Crippen LogP contribution in [0.5, 0.6) is 11.5 Å². The lowest BCUT2D eigenvalue weighted by Gasteiger charge is -2.10. The van der Waals surface area contributed by atoms with Gasteiger partial charge in [-0.15, -0.1) is 0 Å². The SMILES string of the molecule is Cc1cc(Oc2ccc(Cl)cc2C)ccc1C=O. The Bertz CT molecular complexity index is 591. The maximum atomic E-state index is 10.7. The van der Waals surface area contributed by atoms with Crippen molar-refractivity contribution in [1.29, 1.82) is 0 Å². The standard InChI is InChI=1S/C15H13ClO2/c1-10-8-14(5-3-12(10)9-17)18-15-6-4-13(16)7-11(15)2/h3-9H,1-2H3. The zero-order valence-electron chi connectivity index (χ0n) is 10.2. The van der Waals surface area contributed by atoms with Crippen LogP contribution in [0, 0.1) is 13.8 Å². The van der Waals surface area contributed by atoms with Gasteiger partial charge in [0.1, 0.15) is 17.8 Å². The van der Waals surface area contributed by atoms with Crippen LogP contribution in [-0.2, 0) is 0 Å². The lowest BCUT2D eigenvalue weighted by Crippen LogP contribution is -1.91. The van der Waals surface area contributed by atoms with E-state index in [0.29, 0.717) is 16.3 Å². The second-order valence-electron chi connectivity index (χ2n) is 4.15. The smallest absolute Gasteiger partial charge is 0.150 e. The van der Waals surface area contributed by atoms with Crippen LogP contribution in [0.1, 0.15) is 21.5 Å². The Morgan fingerprint density at radius 2 is 1.83 bits per heavy atom. The van der Waals surface area contributed by atoms with Crippen LogP contribution in [0.2, 0.25) is 5.02 Å². The molecule has 92 valence electrons. The van der Waals surface area contributed by atoms with Gasteiger partial charge >= 0.3 is 0 Å². The van der Waals surface area contributed by atoms with E-state index in [4.69, 9.17) is 16.3 Å². The van der Waals surface area contributed by atoms with Crippen molar-refractivity contribution < 1.29 is 9.53 Å². The van der Waals surface area contributed by atoms with Crippen LogP contribution < -0.4 is 4.74 Å². The first-order valence-electron chi connectivity index (χ1n) is 5.60. The molecule has 2 rings (SSSR count). The van der Waals surface area contributed by atoms with Gasteiger partial charge in [-0.1, -0.05) is 11.6 Å². The Morgan fingerprint density at radius 3 is 2.44 bits per heavy atom. The molecule has 18 heavy (non-hydrogen) atoms. The molecule has 0 saturated heterocycles. The molecule has 3 heteroatoms. The maximum absolute atomic E-state index is 10.7. The number of hydrogen-bond donors (Lipinski definition) is 0. The van der Waals surface area contributed by atoms with E-state index in [0.717, 1.165) is 23.2 Å². The highest BCUT2D eigenvalue weighted by Gasteiger charge is 2.04. The molecule has 0 aliphatic carbocycles. The number of halogens is 1. The molecule has 0 fully saturated rings. The van der Waals surface area contributed by atoms with Crippen molar-refractivity contribution >= 4 is 17.9 Å². The molecule has 0 unspecified atom stereocenters. The van der Waals surface area contributed by atoms with Gasteiger partial charge in [-0.05, 0) is 61.4 Å². The monoisotopic (exact) mass is 260 g/mol. The molecule has 0 atom stereocenters. The summed E-state index contributed by atoms with van der Waals surface area (Å²) in [5.41, 5.74) is 2.55. The first-order chi connectivity index (χ1) is 8.60. The van der Waals surface area contributed by atoms with Crippen LogP contribution in [0.3, 0.4) is 0 Å². The van der Waals surface area contributed by atoms with Crippen molar-refractivity contribution in [1.82, 2.24) is 0 Å². The minimum atomic E-state index is 0.676. The average Bonchev–Trinajstić information content (AvgIpc) is 2.33. The fourth-order valence-corrected chi connectivity index (χ4v) is 1.92. The van der Waals surface area contributed by atoms with Crippen LogP contribution in [0.25, 0.3) is 0 Å². The molecule has 0 aliphatic rings. The second kappa shape index (κ2) is 5.23. The highest BCUT2D eigenvalue weighted by molar-refractivity contribution is 6.30. The van der Waals surface area contributed by atoms with E-state index < -0.39 is 0 Å². The van der Waals surface area contributed by atoms with E-state index in [2.05, 4.69) is 0 Å². The number of benzene rings is 2. The fourth-order valence-electron chi connectivity index (χ4n) is 1.70. The number of carbonyl (C=O) groups is 1. The van der Waals surface area contributed by atoms with Crippen molar-refractivity contribution in [3.8, 4) is 11.5 Å². The number of aryl methyl sites for hydroxylation is 2. The van der Waals surface area contributed by atoms with E-state index in [1.165, 1.54) is 0 Å². The molecule has 0 heterocycles. The Kier molecular flexibility index (Phi) is 3.68. The molecular formula is C15H13ClO2. The summed E-state index contributed by atoms with van der Waals surface area (Å²) in [5, 5.41) is 0.687. The van der Waals surface area contributed by atoms with E-state index in [-0.39, 0.29) is 0 Å². The molecule has 0 bridgehead atoms. The van der Waals surface area contributed by atoms with Gasteiger partial charge in [0.25, 0.3) is 0 Å². The first-order valence-corrected chi connectivity index (χ1v) is 5.98. The van der Waals surface area contributed by atoms with Crippen molar-refractivity contribution in [2.75, 3.05) is 0 Å². The summed E-state index contributed by atoms with van der Waals surface area (Å²) < 4.78 is 5.77. The molecule has 0 radical (unpaired) electrons. The van der Waals surface area contributed by atoms with Gasteiger partial charge in [-0.3, -0.25) is 4.79 Å². The summed E-state index contributed by atoms with van der Waals surface area (Å²) >= 11 is 5.89. The van der Waals surface area contributed by atoms with Gasteiger partial charge in [0.05, 0.1) is 0 Å². The highest BCUT2D eigenvalue weighted by atomic mass is 35.5. The predicted octanol–water partition coefficient (Wildman–Crippen LogP) is 4.56. The van der Waals surface area contributed by atoms with E-state index >= 15 is 0 Å². The summed E-state index contributed by atoms with van der Waals surface area (Å²) in [6.07, 6.45) is 0.840. The van der Waals surface area contributed by atoms with Crippen LogP contribution >= 0.6 is 11.6 Å². The molecule has 2 aromatic carbocycles. The molecule has 0 aliphatic heterocycles. The lowest BCUT2D eigenvalue weighted by molar-refractivity contribution is 0.112. The van der Waals surface area contributed by atoms with E-state index in [1.807, 2.05) is 32.0 Å². The van der Waals surface area contributed by atoms with Crippen LogP contribution in [0.4, 0.5) is 0 Å². The first kappa shape index (κ1) is 12.7. The highest BCUT2D eigenvalue weighted by Crippen LogP contribution is 2.28. The quantitative estimate of drug-likeness (QED) is 0.756. The topological polar surface area (TPSA) is 26.3 Å². The predicted molar refractivity (Wildman–Crippen MR) is 72.8 cm³/mol. The Labute approximate surface area is 111 Å². The molecule has 0 N–H and O–H groups in total. The molecule has 2 nitrogen and oxygen atoms in total. The number of rotatable bonds is 3. The Morgan fingerprint density at radius 1 is 1.06 bits per heavy atom. The van der Waals surface area contributed by atoms with Crippen molar-refractivity contribution in [2.24, 2.45) is 0 Å². The summed E-state index contributed by atoms with van der Waals surface area (Å²) in [5.74, 6) is 1.47. The zero-order chi connectivity index (χ0) is 13.1. The lowest BCUT2D eigenvalue weighted by atomic mass is 10.1. The Hall–Kier alpha value is -1.80. The molecule has 0 amide bonds. The number of hydrogen-bond acceptors (Lipinski definition) is 2. The van der Waals surface area contributed by atoms with Crippen LogP contribution in [0.15, 0.2) is 36.4 Å². The van der Waals surface area contributed by atoms with Crippen molar-refractivity contribution in [3.63, 3.8) is 0 Å². The van der Waals surface area contributed by atoms with Crippen LogP contribution in [-0.4, -0.2) is 6.29 Å². The number of aldehydes is 1. The van der Waals surface area contributed by atoms with E-state index in [9.17, 15) is 4.79 Å². The summed E-state index contributed by atoms with van der Waals surface area (Å²) in [6, 6.07) is 10.9. The largest absolute Gasteiger partial charge is 0.457 e. The van der Waals surface area contributed by atoms with Gasteiger partial charge < -0.3 is 4.74 Å². The van der Waals surface area contributed by atoms with Gasteiger partial charge in [0, 0.05) is 10.6 Å². The third-order valence-corrected chi connectivity index (χ3v) is 2.97. The molecule has 0 saturated carbocycles. The zero-order valence-corrected chi connectivity index (χ0v) is 11.0. The fraction of sp³-hybridized carbons (Fsp3) is 0.133. The van der Waals surface area contributed by atoms with Gasteiger partial charge in [-0.2, -0.15) is 0 Å². The van der Waals surface area contributed by atoms with E-state index in [1.54, 1.807) is 18.2 Å². The molecule has 2 aromatic rings. The summed E-state index contributed by atoms with van der Waals surface area (Å²) in [6.45, 7) is 3.82. The van der Waals surface area contributed by atoms with Crippen molar-refractivity contribution in [2.45, 2.75) is 13.8 Å². The minimum Gasteiger partial charge on any atom is -0.457 e. The summed E-state index contributed by atoms with van der Waals surface area (Å²) in [7, 11) is 0. The maximum Gasteiger partial charge on any atom is 0.150 e. The van der Waals surface area contributed by atoms with Gasteiger partial charge in [0.15, 0.2) is 0 Å². The number of carbonyl (C=O) groups excluding carboxylic acids is 1. The number of ether oxygens (including phenoxy) is 1. The molecule has 0 spiro atoms. The molecule has 0 aromatic heterocycles. The molecular weight excluding hydrogens is 248 g/mol.